The Morgan fingerprint density at radius 2 is 2.05 bits per heavy atom. The SMILES string of the molecule is O=C(NCCCl)NCCS(=O)(=O)Nc1ccn2nccc2c1. The summed E-state index contributed by atoms with van der Waals surface area (Å²) in [6.45, 7) is 0.322. The molecule has 0 aliphatic rings. The lowest BCUT2D eigenvalue weighted by atomic mass is 10.4. The molecule has 0 bridgehead atoms. The van der Waals surface area contributed by atoms with Crippen LogP contribution in [0.15, 0.2) is 30.6 Å². The van der Waals surface area contributed by atoms with Crippen molar-refractivity contribution in [2.45, 2.75) is 0 Å². The fraction of sp³-hybridized carbons (Fsp3) is 0.333. The summed E-state index contributed by atoms with van der Waals surface area (Å²) < 4.78 is 28.0. The lowest BCUT2D eigenvalue weighted by Gasteiger charge is -2.09. The van der Waals surface area contributed by atoms with E-state index in [1.807, 2.05) is 0 Å². The van der Waals surface area contributed by atoms with Crippen LogP contribution in [0.5, 0.6) is 0 Å². The van der Waals surface area contributed by atoms with Crippen LogP contribution in [0.25, 0.3) is 5.52 Å². The van der Waals surface area contributed by atoms with E-state index in [2.05, 4.69) is 20.5 Å². The Balaban J connectivity index is 1.86. The van der Waals surface area contributed by atoms with Crippen LogP contribution >= 0.6 is 11.6 Å². The summed E-state index contributed by atoms with van der Waals surface area (Å²) in [6.07, 6.45) is 3.28. The molecule has 0 saturated heterocycles. The number of hydrogen-bond donors (Lipinski definition) is 3. The van der Waals surface area contributed by atoms with E-state index < -0.39 is 16.1 Å². The summed E-state index contributed by atoms with van der Waals surface area (Å²) in [5.41, 5.74) is 1.22. The molecule has 2 aromatic heterocycles. The van der Waals surface area contributed by atoms with Gasteiger partial charge in [-0.3, -0.25) is 4.72 Å². The first-order valence-electron chi connectivity index (χ1n) is 6.52. The zero-order chi connectivity index (χ0) is 16.0. The van der Waals surface area contributed by atoms with Gasteiger partial charge in [-0.15, -0.1) is 11.6 Å². The fourth-order valence-corrected chi connectivity index (χ4v) is 2.79. The number of rotatable bonds is 7. The molecule has 2 aromatic rings. The smallest absolute Gasteiger partial charge is 0.314 e. The van der Waals surface area contributed by atoms with E-state index in [0.29, 0.717) is 18.1 Å². The zero-order valence-electron chi connectivity index (χ0n) is 11.6. The Bertz CT molecular complexity index is 746. The average molecular weight is 346 g/mol. The number of amides is 2. The van der Waals surface area contributed by atoms with Gasteiger partial charge in [0.1, 0.15) is 0 Å². The normalized spacial score (nSPS) is 11.3. The van der Waals surface area contributed by atoms with Crippen molar-refractivity contribution >= 4 is 38.9 Å². The molecule has 2 rings (SSSR count). The van der Waals surface area contributed by atoms with Crippen molar-refractivity contribution < 1.29 is 13.2 Å². The molecule has 120 valence electrons. The first-order chi connectivity index (χ1) is 10.5. The van der Waals surface area contributed by atoms with E-state index >= 15 is 0 Å². The van der Waals surface area contributed by atoms with Crippen molar-refractivity contribution in [3.63, 3.8) is 0 Å². The van der Waals surface area contributed by atoms with Crippen molar-refractivity contribution in [1.29, 1.82) is 0 Å². The monoisotopic (exact) mass is 345 g/mol. The number of anilines is 1. The Labute approximate surface area is 132 Å². The van der Waals surface area contributed by atoms with Gasteiger partial charge in [0, 0.05) is 31.4 Å². The largest absolute Gasteiger partial charge is 0.337 e. The topological polar surface area (TPSA) is 105 Å². The highest BCUT2D eigenvalue weighted by Crippen LogP contribution is 2.12. The molecule has 3 N–H and O–H groups in total. The number of carbonyl (C=O) groups excluding carboxylic acids is 1. The maximum atomic E-state index is 11.9. The summed E-state index contributed by atoms with van der Waals surface area (Å²) in [5.74, 6) is 0.0656. The molecule has 0 aliphatic heterocycles. The molecule has 8 nitrogen and oxygen atoms in total. The Morgan fingerprint density at radius 1 is 1.27 bits per heavy atom. The highest BCUT2D eigenvalue weighted by atomic mass is 35.5. The Kier molecular flexibility index (Phi) is 5.45. The number of sulfonamides is 1. The van der Waals surface area contributed by atoms with Crippen molar-refractivity contribution in [3.8, 4) is 0 Å². The molecule has 0 radical (unpaired) electrons. The van der Waals surface area contributed by atoms with Gasteiger partial charge in [0.25, 0.3) is 0 Å². The maximum absolute atomic E-state index is 11.9. The third-order valence-corrected chi connectivity index (χ3v) is 4.19. The van der Waals surface area contributed by atoms with Gasteiger partial charge in [0.05, 0.1) is 17.0 Å². The number of halogens is 1. The van der Waals surface area contributed by atoms with Crippen LogP contribution in [0.3, 0.4) is 0 Å². The van der Waals surface area contributed by atoms with E-state index in [4.69, 9.17) is 11.6 Å². The van der Waals surface area contributed by atoms with Gasteiger partial charge < -0.3 is 10.6 Å². The molecular formula is C12H16ClN5O3S. The van der Waals surface area contributed by atoms with Gasteiger partial charge in [-0.2, -0.15) is 5.10 Å². The number of fused-ring (bicyclic) bond motifs is 1. The number of aromatic nitrogens is 2. The summed E-state index contributed by atoms with van der Waals surface area (Å²) in [6, 6.07) is 4.60. The highest BCUT2D eigenvalue weighted by Gasteiger charge is 2.11. The van der Waals surface area contributed by atoms with Crippen molar-refractivity contribution in [1.82, 2.24) is 20.2 Å². The number of nitrogens with zero attached hydrogens (tertiary/aromatic N) is 2. The molecule has 22 heavy (non-hydrogen) atoms. The second kappa shape index (κ2) is 7.32. The summed E-state index contributed by atoms with van der Waals surface area (Å²) in [7, 11) is -3.55. The average Bonchev–Trinajstić information content (AvgIpc) is 2.92. The lowest BCUT2D eigenvalue weighted by Crippen LogP contribution is -2.39. The van der Waals surface area contributed by atoms with Crippen LogP contribution in [0.2, 0.25) is 0 Å². The van der Waals surface area contributed by atoms with Gasteiger partial charge in [-0.25, -0.2) is 17.7 Å². The molecule has 0 spiro atoms. The maximum Gasteiger partial charge on any atom is 0.314 e. The second-order valence-corrected chi connectivity index (χ2v) is 6.63. The van der Waals surface area contributed by atoms with Gasteiger partial charge in [-0.05, 0) is 18.2 Å². The first kappa shape index (κ1) is 16.4. The van der Waals surface area contributed by atoms with Gasteiger partial charge in [0.2, 0.25) is 10.0 Å². The van der Waals surface area contributed by atoms with Crippen molar-refractivity contribution in [2.24, 2.45) is 0 Å². The van der Waals surface area contributed by atoms with Crippen LogP contribution in [0, 0.1) is 0 Å². The third kappa shape index (κ3) is 4.78. The number of hydrogen-bond acceptors (Lipinski definition) is 4. The van der Waals surface area contributed by atoms with Gasteiger partial charge in [0.15, 0.2) is 0 Å². The molecule has 2 amide bonds. The predicted molar refractivity (Wildman–Crippen MR) is 84.7 cm³/mol. The number of urea groups is 1. The minimum Gasteiger partial charge on any atom is -0.337 e. The highest BCUT2D eigenvalue weighted by molar-refractivity contribution is 7.92. The Hall–Kier alpha value is -2.00. The van der Waals surface area contributed by atoms with Crippen LogP contribution in [0.1, 0.15) is 0 Å². The minimum atomic E-state index is -3.55. The second-order valence-electron chi connectivity index (χ2n) is 4.41. The molecule has 0 aromatic carbocycles. The molecule has 0 fully saturated rings. The van der Waals surface area contributed by atoms with Crippen LogP contribution in [0.4, 0.5) is 10.5 Å². The predicted octanol–water partition coefficient (Wildman–Crippen LogP) is 0.614. The molecule has 0 atom stereocenters. The van der Waals surface area contributed by atoms with E-state index in [1.54, 1.807) is 35.1 Å². The van der Waals surface area contributed by atoms with Gasteiger partial charge >= 0.3 is 6.03 Å². The van der Waals surface area contributed by atoms with Crippen molar-refractivity contribution in [2.75, 3.05) is 29.4 Å². The van der Waals surface area contributed by atoms with E-state index in [9.17, 15) is 13.2 Å². The van der Waals surface area contributed by atoms with Gasteiger partial charge in [-0.1, -0.05) is 0 Å². The van der Waals surface area contributed by atoms with Crippen LogP contribution in [-0.2, 0) is 10.0 Å². The van der Waals surface area contributed by atoms with E-state index in [1.165, 1.54) is 0 Å². The van der Waals surface area contributed by atoms with Crippen molar-refractivity contribution in [3.05, 3.63) is 30.6 Å². The molecule has 0 saturated carbocycles. The quantitative estimate of drug-likeness (QED) is 0.639. The lowest BCUT2D eigenvalue weighted by molar-refractivity contribution is 0.242. The molecule has 0 aliphatic carbocycles. The van der Waals surface area contributed by atoms with Crippen LogP contribution < -0.4 is 15.4 Å². The van der Waals surface area contributed by atoms with E-state index in [0.717, 1.165) is 5.52 Å². The zero-order valence-corrected chi connectivity index (χ0v) is 13.2. The number of alkyl halides is 1. The summed E-state index contributed by atoms with van der Waals surface area (Å²) in [4.78, 5) is 11.3. The van der Waals surface area contributed by atoms with E-state index in [-0.39, 0.29) is 12.3 Å². The number of pyridine rings is 1. The van der Waals surface area contributed by atoms with Crippen LogP contribution in [-0.4, -0.2) is 48.8 Å². The fourth-order valence-electron chi connectivity index (χ4n) is 1.74. The molecule has 10 heteroatoms. The molecule has 0 unspecified atom stereocenters. The molecular weight excluding hydrogens is 330 g/mol. The Morgan fingerprint density at radius 3 is 2.82 bits per heavy atom. The standard InChI is InChI=1S/C12H16ClN5O3S/c13-3-5-14-12(19)15-6-8-22(20,21)17-10-2-7-18-11(9-10)1-4-16-18/h1-2,4,7,9,17H,3,5-6,8H2,(H2,14,15,19). The summed E-state index contributed by atoms with van der Waals surface area (Å²) >= 11 is 5.42. The molecule has 2 heterocycles. The third-order valence-electron chi connectivity index (χ3n) is 2.71. The first-order valence-corrected chi connectivity index (χ1v) is 8.70. The number of nitrogens with one attached hydrogen (secondary N) is 3. The minimum absolute atomic E-state index is 0.00161. The summed E-state index contributed by atoms with van der Waals surface area (Å²) in [5, 5.41) is 8.95. The number of carbonyl (C=O) groups is 1.